The Bertz CT molecular complexity index is 971. The third-order valence-electron chi connectivity index (χ3n) is 5.00. The van der Waals surface area contributed by atoms with Crippen molar-refractivity contribution >= 4 is 27.5 Å². The molecule has 0 atom stereocenters. The van der Waals surface area contributed by atoms with Gasteiger partial charge in [-0.1, -0.05) is 18.2 Å². The molecule has 1 fully saturated rings. The van der Waals surface area contributed by atoms with Crippen LogP contribution in [-0.4, -0.2) is 49.2 Å². The van der Waals surface area contributed by atoms with Gasteiger partial charge in [0, 0.05) is 37.7 Å². The summed E-state index contributed by atoms with van der Waals surface area (Å²) in [6.07, 6.45) is 4.09. The average Bonchev–Trinajstić information content (AvgIpc) is 2.74. The summed E-state index contributed by atoms with van der Waals surface area (Å²) in [7, 11) is -3.55. The van der Waals surface area contributed by atoms with Gasteiger partial charge < -0.3 is 10.6 Å². The second-order valence-electron chi connectivity index (χ2n) is 7.02. The minimum atomic E-state index is -3.55. The number of amides is 2. The first-order chi connectivity index (χ1) is 13.9. The van der Waals surface area contributed by atoms with Crippen molar-refractivity contribution in [1.29, 1.82) is 0 Å². The van der Waals surface area contributed by atoms with E-state index >= 15 is 0 Å². The summed E-state index contributed by atoms with van der Waals surface area (Å²) in [5.74, 6) is -1.29. The van der Waals surface area contributed by atoms with E-state index in [1.807, 2.05) is 19.1 Å². The van der Waals surface area contributed by atoms with Crippen LogP contribution in [0.1, 0.15) is 18.4 Å². The number of hydrogen-bond donors (Lipinski definition) is 2. The van der Waals surface area contributed by atoms with Crippen LogP contribution in [0.15, 0.2) is 53.7 Å². The van der Waals surface area contributed by atoms with Gasteiger partial charge >= 0.3 is 11.8 Å². The number of nitrogens with one attached hydrogen (secondary N) is 2. The summed E-state index contributed by atoms with van der Waals surface area (Å²) in [5.41, 5.74) is 1.47. The Labute approximate surface area is 170 Å². The Kier molecular flexibility index (Phi) is 6.60. The van der Waals surface area contributed by atoms with E-state index in [4.69, 9.17) is 0 Å². The van der Waals surface area contributed by atoms with Gasteiger partial charge in [-0.2, -0.15) is 4.31 Å². The Balaban J connectivity index is 1.47. The van der Waals surface area contributed by atoms with E-state index in [9.17, 15) is 18.0 Å². The number of para-hydroxylation sites is 1. The number of piperidine rings is 1. The molecule has 0 aliphatic carbocycles. The van der Waals surface area contributed by atoms with E-state index in [1.165, 1.54) is 22.8 Å². The second-order valence-corrected chi connectivity index (χ2v) is 8.95. The lowest BCUT2D eigenvalue weighted by Gasteiger charge is -2.31. The maximum atomic E-state index is 12.6. The number of aryl methyl sites for hydroxylation is 1. The number of rotatable bonds is 5. The van der Waals surface area contributed by atoms with Gasteiger partial charge in [0.1, 0.15) is 4.90 Å². The first kappa shape index (κ1) is 20.9. The van der Waals surface area contributed by atoms with Gasteiger partial charge in [0.15, 0.2) is 0 Å². The maximum absolute atomic E-state index is 12.6. The molecule has 0 saturated carbocycles. The van der Waals surface area contributed by atoms with Crippen LogP contribution in [0.5, 0.6) is 0 Å². The summed E-state index contributed by atoms with van der Waals surface area (Å²) >= 11 is 0. The van der Waals surface area contributed by atoms with Gasteiger partial charge in [0.2, 0.25) is 10.0 Å². The number of anilines is 1. The van der Waals surface area contributed by atoms with Crippen molar-refractivity contribution < 1.29 is 18.0 Å². The van der Waals surface area contributed by atoms with Crippen molar-refractivity contribution in [2.45, 2.75) is 24.7 Å². The molecule has 2 amide bonds. The minimum absolute atomic E-state index is 0.116. The number of pyridine rings is 1. The van der Waals surface area contributed by atoms with Gasteiger partial charge in [-0.05, 0) is 49.4 Å². The smallest absolute Gasteiger partial charge is 0.313 e. The Morgan fingerprint density at radius 1 is 1.10 bits per heavy atom. The third-order valence-corrected chi connectivity index (χ3v) is 6.88. The van der Waals surface area contributed by atoms with E-state index in [-0.39, 0.29) is 10.8 Å². The number of aromatic nitrogens is 1. The zero-order chi connectivity index (χ0) is 20.9. The molecular weight excluding hydrogens is 392 g/mol. The van der Waals surface area contributed by atoms with Gasteiger partial charge in [0.05, 0.1) is 0 Å². The lowest BCUT2D eigenvalue weighted by molar-refractivity contribution is -0.136. The number of carbonyl (C=O) groups is 2. The number of sulfonamides is 1. The monoisotopic (exact) mass is 416 g/mol. The highest BCUT2D eigenvalue weighted by Crippen LogP contribution is 2.23. The summed E-state index contributed by atoms with van der Waals surface area (Å²) in [5, 5.41) is 5.25. The molecule has 3 rings (SSSR count). The second kappa shape index (κ2) is 9.15. The van der Waals surface area contributed by atoms with Crippen LogP contribution in [0.3, 0.4) is 0 Å². The molecule has 154 valence electrons. The molecule has 8 nitrogen and oxygen atoms in total. The van der Waals surface area contributed by atoms with Crippen LogP contribution >= 0.6 is 0 Å². The molecular formula is C20H24N4O4S. The van der Waals surface area contributed by atoms with E-state index in [2.05, 4.69) is 15.6 Å². The summed E-state index contributed by atoms with van der Waals surface area (Å²) < 4.78 is 26.7. The van der Waals surface area contributed by atoms with Gasteiger partial charge in [-0.3, -0.25) is 14.6 Å². The van der Waals surface area contributed by atoms with Crippen LogP contribution in [0.25, 0.3) is 0 Å². The van der Waals surface area contributed by atoms with Crippen LogP contribution < -0.4 is 10.6 Å². The molecule has 29 heavy (non-hydrogen) atoms. The SMILES string of the molecule is Cc1ccccc1NC(=O)C(=O)NCC1CCN(S(=O)(=O)c2cccnc2)CC1. The van der Waals surface area contributed by atoms with Crippen molar-refractivity contribution in [2.24, 2.45) is 5.92 Å². The number of hydrogen-bond acceptors (Lipinski definition) is 5. The van der Waals surface area contributed by atoms with Crippen LogP contribution in [-0.2, 0) is 19.6 Å². The molecule has 1 aromatic heterocycles. The first-order valence-corrected chi connectivity index (χ1v) is 10.9. The van der Waals surface area contributed by atoms with Crippen molar-refractivity contribution in [1.82, 2.24) is 14.6 Å². The molecule has 0 unspecified atom stereocenters. The van der Waals surface area contributed by atoms with E-state index in [0.29, 0.717) is 38.2 Å². The quantitative estimate of drug-likeness (QED) is 0.719. The predicted molar refractivity (Wildman–Crippen MR) is 109 cm³/mol. The molecule has 0 spiro atoms. The number of carbonyl (C=O) groups excluding carboxylic acids is 2. The molecule has 2 heterocycles. The van der Waals surface area contributed by atoms with Crippen molar-refractivity contribution in [3.05, 3.63) is 54.4 Å². The zero-order valence-electron chi connectivity index (χ0n) is 16.2. The fraction of sp³-hybridized carbons (Fsp3) is 0.350. The van der Waals surface area contributed by atoms with Crippen molar-refractivity contribution in [2.75, 3.05) is 25.0 Å². The van der Waals surface area contributed by atoms with Crippen molar-refractivity contribution in [3.63, 3.8) is 0 Å². The average molecular weight is 417 g/mol. The maximum Gasteiger partial charge on any atom is 0.313 e. The number of benzene rings is 1. The molecule has 1 aliphatic rings. The lowest BCUT2D eigenvalue weighted by atomic mass is 9.98. The molecule has 2 aromatic rings. The molecule has 0 bridgehead atoms. The lowest BCUT2D eigenvalue weighted by Crippen LogP contribution is -2.43. The van der Waals surface area contributed by atoms with E-state index < -0.39 is 21.8 Å². The largest absolute Gasteiger partial charge is 0.348 e. The highest BCUT2D eigenvalue weighted by Gasteiger charge is 2.29. The molecule has 1 aromatic carbocycles. The number of nitrogens with zero attached hydrogens (tertiary/aromatic N) is 2. The third kappa shape index (κ3) is 5.18. The topological polar surface area (TPSA) is 108 Å². The molecule has 1 aliphatic heterocycles. The van der Waals surface area contributed by atoms with Gasteiger partial charge in [-0.25, -0.2) is 8.42 Å². The Morgan fingerprint density at radius 2 is 1.83 bits per heavy atom. The van der Waals surface area contributed by atoms with Crippen LogP contribution in [0.2, 0.25) is 0 Å². The van der Waals surface area contributed by atoms with Crippen LogP contribution in [0.4, 0.5) is 5.69 Å². The fourth-order valence-corrected chi connectivity index (χ4v) is 4.65. The zero-order valence-corrected chi connectivity index (χ0v) is 17.0. The summed E-state index contributed by atoms with van der Waals surface area (Å²) in [4.78, 5) is 28.2. The van der Waals surface area contributed by atoms with Crippen molar-refractivity contribution in [3.8, 4) is 0 Å². The molecule has 9 heteroatoms. The summed E-state index contributed by atoms with van der Waals surface area (Å²) in [6.45, 7) is 2.92. The highest BCUT2D eigenvalue weighted by atomic mass is 32.2. The van der Waals surface area contributed by atoms with Gasteiger partial charge in [-0.15, -0.1) is 0 Å². The fourth-order valence-electron chi connectivity index (χ4n) is 3.21. The molecule has 1 saturated heterocycles. The van der Waals surface area contributed by atoms with Gasteiger partial charge in [0.25, 0.3) is 0 Å². The first-order valence-electron chi connectivity index (χ1n) is 9.43. The Morgan fingerprint density at radius 3 is 2.48 bits per heavy atom. The van der Waals surface area contributed by atoms with E-state index in [0.717, 1.165) is 5.56 Å². The Hall–Kier alpha value is -2.78. The van der Waals surface area contributed by atoms with Crippen LogP contribution in [0, 0.1) is 12.8 Å². The standard InChI is InChI=1S/C20H24N4O4S/c1-15-5-2-3-7-18(15)23-20(26)19(25)22-13-16-8-11-24(12-9-16)29(27,28)17-6-4-10-21-14-17/h2-7,10,14,16H,8-9,11-13H2,1H3,(H,22,25)(H,23,26). The minimum Gasteiger partial charge on any atom is -0.348 e. The highest BCUT2D eigenvalue weighted by molar-refractivity contribution is 7.89. The van der Waals surface area contributed by atoms with E-state index in [1.54, 1.807) is 18.2 Å². The molecule has 2 N–H and O–H groups in total. The normalized spacial score (nSPS) is 15.6. The summed E-state index contributed by atoms with van der Waals surface area (Å²) in [6, 6.07) is 10.3. The molecule has 0 radical (unpaired) electrons. The predicted octanol–water partition coefficient (Wildman–Crippen LogP) is 1.55.